The Balaban J connectivity index is 1.89. The minimum Gasteiger partial charge on any atom is -0.383 e. The Kier molecular flexibility index (Phi) is 6.03. The van der Waals surface area contributed by atoms with Gasteiger partial charge in [-0.25, -0.2) is 0 Å². The molecule has 0 radical (unpaired) electrons. The fourth-order valence-corrected chi connectivity index (χ4v) is 2.99. The predicted molar refractivity (Wildman–Crippen MR) is 89.3 cm³/mol. The van der Waals surface area contributed by atoms with E-state index >= 15 is 0 Å². The smallest absolute Gasteiger partial charge is 0.0628 e. The minimum atomic E-state index is 0.419. The lowest BCUT2D eigenvalue weighted by atomic mass is 10.1. The van der Waals surface area contributed by atoms with E-state index < -0.39 is 0 Å². The molecule has 4 nitrogen and oxygen atoms in total. The quantitative estimate of drug-likeness (QED) is 0.863. The van der Waals surface area contributed by atoms with E-state index in [9.17, 15) is 0 Å². The standard InChI is InChI=1S/C17H29N3O/c1-14-6-5-7-17(15(14)2)20-10-8-19(9-11-20)12-16(18-3)13-21-4/h5-7,16,18H,8-13H2,1-4H3. The van der Waals surface area contributed by atoms with Crippen LogP contribution in [0.5, 0.6) is 0 Å². The van der Waals surface area contributed by atoms with Crippen molar-refractivity contribution in [2.45, 2.75) is 19.9 Å². The van der Waals surface area contributed by atoms with Gasteiger partial charge in [-0.05, 0) is 38.1 Å². The van der Waals surface area contributed by atoms with Gasteiger partial charge in [-0.15, -0.1) is 0 Å². The van der Waals surface area contributed by atoms with Gasteiger partial charge >= 0.3 is 0 Å². The zero-order chi connectivity index (χ0) is 15.2. The molecular formula is C17H29N3O. The van der Waals surface area contributed by atoms with Crippen molar-refractivity contribution < 1.29 is 4.74 Å². The van der Waals surface area contributed by atoms with E-state index in [4.69, 9.17) is 4.74 Å². The molecule has 1 heterocycles. The summed E-state index contributed by atoms with van der Waals surface area (Å²) in [5.41, 5.74) is 4.19. The predicted octanol–water partition coefficient (Wildman–Crippen LogP) is 1.66. The van der Waals surface area contributed by atoms with Crippen molar-refractivity contribution in [1.29, 1.82) is 0 Å². The Morgan fingerprint density at radius 2 is 1.90 bits per heavy atom. The van der Waals surface area contributed by atoms with Crippen LogP contribution in [0.3, 0.4) is 0 Å². The molecule has 1 aliphatic heterocycles. The molecule has 4 heteroatoms. The molecule has 1 saturated heterocycles. The second kappa shape index (κ2) is 7.78. The Morgan fingerprint density at radius 3 is 2.52 bits per heavy atom. The molecule has 0 spiro atoms. The number of nitrogens with one attached hydrogen (secondary N) is 1. The summed E-state index contributed by atoms with van der Waals surface area (Å²) < 4.78 is 5.26. The van der Waals surface area contributed by atoms with Crippen molar-refractivity contribution in [3.05, 3.63) is 29.3 Å². The van der Waals surface area contributed by atoms with Crippen LogP contribution in [0, 0.1) is 13.8 Å². The van der Waals surface area contributed by atoms with E-state index in [2.05, 4.69) is 47.2 Å². The molecule has 2 rings (SSSR count). The number of rotatable bonds is 6. The number of ether oxygens (including phenoxy) is 1. The van der Waals surface area contributed by atoms with Crippen LogP contribution in [0.4, 0.5) is 5.69 Å². The van der Waals surface area contributed by atoms with Crippen molar-refractivity contribution in [3.8, 4) is 0 Å². The number of piperazine rings is 1. The third kappa shape index (κ3) is 4.19. The van der Waals surface area contributed by atoms with E-state index in [0.29, 0.717) is 6.04 Å². The molecule has 0 saturated carbocycles. The lowest BCUT2D eigenvalue weighted by Gasteiger charge is -2.38. The van der Waals surface area contributed by atoms with Crippen LogP contribution in [0.2, 0.25) is 0 Å². The highest BCUT2D eigenvalue weighted by atomic mass is 16.5. The summed E-state index contributed by atoms with van der Waals surface area (Å²) in [6.07, 6.45) is 0. The van der Waals surface area contributed by atoms with Gasteiger partial charge in [0.25, 0.3) is 0 Å². The third-order valence-electron chi connectivity index (χ3n) is 4.54. The van der Waals surface area contributed by atoms with Crippen LogP contribution in [-0.2, 0) is 4.74 Å². The molecule has 1 fully saturated rings. The van der Waals surface area contributed by atoms with Gasteiger partial charge in [0.1, 0.15) is 0 Å². The van der Waals surface area contributed by atoms with Crippen LogP contribution < -0.4 is 10.2 Å². The first-order chi connectivity index (χ1) is 10.2. The lowest BCUT2D eigenvalue weighted by molar-refractivity contribution is 0.138. The van der Waals surface area contributed by atoms with Crippen LogP contribution >= 0.6 is 0 Å². The number of hydrogen-bond donors (Lipinski definition) is 1. The highest BCUT2D eigenvalue weighted by Gasteiger charge is 2.20. The summed E-state index contributed by atoms with van der Waals surface area (Å²) in [5, 5.41) is 3.33. The molecule has 0 bridgehead atoms. The van der Waals surface area contributed by atoms with Gasteiger partial charge in [0.2, 0.25) is 0 Å². The molecule has 1 aromatic carbocycles. The zero-order valence-electron chi connectivity index (χ0n) is 13.9. The topological polar surface area (TPSA) is 27.7 Å². The fourth-order valence-electron chi connectivity index (χ4n) is 2.99. The molecule has 118 valence electrons. The third-order valence-corrected chi connectivity index (χ3v) is 4.54. The minimum absolute atomic E-state index is 0.419. The molecule has 21 heavy (non-hydrogen) atoms. The zero-order valence-corrected chi connectivity index (χ0v) is 13.9. The van der Waals surface area contributed by atoms with Gasteiger partial charge in [0.15, 0.2) is 0 Å². The average molecular weight is 291 g/mol. The number of nitrogens with zero attached hydrogens (tertiary/aromatic N) is 2. The summed E-state index contributed by atoms with van der Waals surface area (Å²) in [6.45, 7) is 10.7. The molecule has 1 atom stereocenters. The number of likely N-dealkylation sites (N-methyl/N-ethyl adjacent to an activating group) is 1. The fraction of sp³-hybridized carbons (Fsp3) is 0.647. The van der Waals surface area contributed by atoms with Crippen molar-refractivity contribution in [1.82, 2.24) is 10.2 Å². The van der Waals surface area contributed by atoms with Crippen molar-refractivity contribution in [2.75, 3.05) is 58.4 Å². The normalized spacial score (nSPS) is 18.0. The van der Waals surface area contributed by atoms with Gasteiger partial charge in [-0.1, -0.05) is 12.1 Å². The number of benzene rings is 1. The molecular weight excluding hydrogens is 262 g/mol. The molecule has 1 unspecified atom stereocenters. The average Bonchev–Trinajstić information content (AvgIpc) is 2.50. The lowest BCUT2D eigenvalue weighted by Crippen LogP contribution is -2.51. The van der Waals surface area contributed by atoms with Crippen LogP contribution in [0.25, 0.3) is 0 Å². The van der Waals surface area contributed by atoms with E-state index in [-0.39, 0.29) is 0 Å². The van der Waals surface area contributed by atoms with Crippen molar-refractivity contribution in [3.63, 3.8) is 0 Å². The number of methoxy groups -OCH3 is 1. The first-order valence-electron chi connectivity index (χ1n) is 7.85. The summed E-state index contributed by atoms with van der Waals surface area (Å²) in [7, 11) is 3.78. The number of hydrogen-bond acceptors (Lipinski definition) is 4. The molecule has 1 N–H and O–H groups in total. The highest BCUT2D eigenvalue weighted by molar-refractivity contribution is 5.56. The maximum Gasteiger partial charge on any atom is 0.0628 e. The second-order valence-electron chi connectivity index (χ2n) is 5.95. The maximum absolute atomic E-state index is 5.26. The van der Waals surface area contributed by atoms with E-state index in [1.165, 1.54) is 16.8 Å². The Labute approximate surface area is 129 Å². The van der Waals surface area contributed by atoms with E-state index in [1.54, 1.807) is 7.11 Å². The maximum atomic E-state index is 5.26. The first kappa shape index (κ1) is 16.3. The Hall–Kier alpha value is -1.10. The molecule has 0 aromatic heterocycles. The van der Waals surface area contributed by atoms with Crippen molar-refractivity contribution in [2.24, 2.45) is 0 Å². The summed E-state index contributed by atoms with van der Waals surface area (Å²) >= 11 is 0. The Bertz CT molecular complexity index is 442. The number of aryl methyl sites for hydroxylation is 1. The first-order valence-corrected chi connectivity index (χ1v) is 7.85. The van der Waals surface area contributed by atoms with Gasteiger partial charge in [-0.3, -0.25) is 4.90 Å². The van der Waals surface area contributed by atoms with Crippen LogP contribution in [0.1, 0.15) is 11.1 Å². The summed E-state index contributed by atoms with van der Waals surface area (Å²) in [5.74, 6) is 0. The van der Waals surface area contributed by atoms with Gasteiger partial charge in [0, 0.05) is 51.6 Å². The largest absolute Gasteiger partial charge is 0.383 e. The molecule has 1 aromatic rings. The van der Waals surface area contributed by atoms with Gasteiger partial charge in [0.05, 0.1) is 6.61 Å². The number of anilines is 1. The monoisotopic (exact) mass is 291 g/mol. The molecule has 0 aliphatic carbocycles. The van der Waals surface area contributed by atoms with E-state index in [0.717, 1.165) is 39.3 Å². The summed E-state index contributed by atoms with van der Waals surface area (Å²) in [6, 6.07) is 7.03. The highest BCUT2D eigenvalue weighted by Crippen LogP contribution is 2.23. The van der Waals surface area contributed by atoms with Gasteiger partial charge < -0.3 is 15.0 Å². The van der Waals surface area contributed by atoms with Crippen LogP contribution in [0.15, 0.2) is 18.2 Å². The van der Waals surface area contributed by atoms with Crippen molar-refractivity contribution >= 4 is 5.69 Å². The van der Waals surface area contributed by atoms with E-state index in [1.807, 2.05) is 7.05 Å². The molecule has 1 aliphatic rings. The Morgan fingerprint density at radius 1 is 1.19 bits per heavy atom. The van der Waals surface area contributed by atoms with Gasteiger partial charge in [-0.2, -0.15) is 0 Å². The molecule has 0 amide bonds. The second-order valence-corrected chi connectivity index (χ2v) is 5.95. The summed E-state index contributed by atoms with van der Waals surface area (Å²) in [4.78, 5) is 5.05. The van der Waals surface area contributed by atoms with Crippen LogP contribution in [-0.4, -0.2) is 64.4 Å². The SMILES string of the molecule is CNC(COC)CN1CCN(c2cccc(C)c2C)CC1.